The van der Waals surface area contributed by atoms with Crippen molar-refractivity contribution in [3.63, 3.8) is 0 Å². The Morgan fingerprint density at radius 2 is 2.16 bits per heavy atom. The molecule has 2 aromatic heterocycles. The second-order valence-corrected chi connectivity index (χ2v) is 4.48. The predicted octanol–water partition coefficient (Wildman–Crippen LogP) is -0.287. The number of rotatable bonds is 3. The number of pyridine rings is 1. The van der Waals surface area contributed by atoms with Gasteiger partial charge in [-0.25, -0.2) is 9.78 Å². The fourth-order valence-corrected chi connectivity index (χ4v) is 1.95. The van der Waals surface area contributed by atoms with Crippen LogP contribution in [0.3, 0.4) is 0 Å². The molecule has 0 saturated carbocycles. The molecule has 0 spiro atoms. The Kier molecular flexibility index (Phi) is 3.47. The number of nitrogens with zero attached hydrogens (tertiary/aromatic N) is 3. The van der Waals surface area contributed by atoms with E-state index in [1.54, 1.807) is 0 Å². The number of hydrogen-bond acceptors (Lipinski definition) is 6. The number of nitrogens with one attached hydrogen (secondary N) is 1. The number of aromatic nitrogens is 4. The predicted molar refractivity (Wildman–Crippen MR) is 65.4 cm³/mol. The number of aromatic amines is 1. The quantitative estimate of drug-likeness (QED) is 0.742. The second-order valence-electron chi connectivity index (χ2n) is 3.49. The van der Waals surface area contributed by atoms with Crippen LogP contribution in [0, 0.1) is 0 Å². The van der Waals surface area contributed by atoms with Gasteiger partial charge in [-0.05, 0) is 23.9 Å². The van der Waals surface area contributed by atoms with Crippen molar-refractivity contribution in [1.29, 1.82) is 0 Å². The van der Waals surface area contributed by atoms with Gasteiger partial charge < -0.3 is 5.11 Å². The lowest BCUT2D eigenvalue weighted by atomic mass is 10.3. The van der Waals surface area contributed by atoms with Crippen LogP contribution in [0.25, 0.3) is 0 Å². The van der Waals surface area contributed by atoms with E-state index in [0.717, 1.165) is 11.8 Å². The van der Waals surface area contributed by atoms with Gasteiger partial charge in [0.2, 0.25) is 0 Å². The van der Waals surface area contributed by atoms with Crippen LogP contribution in [-0.4, -0.2) is 30.8 Å². The molecule has 0 aliphatic rings. The molecular weight excluding hydrogens is 272 g/mol. The highest BCUT2D eigenvalue weighted by atomic mass is 32.2. The van der Waals surface area contributed by atoms with Crippen LogP contribution in [0.15, 0.2) is 38.1 Å². The van der Waals surface area contributed by atoms with E-state index in [0.29, 0.717) is 5.03 Å². The zero-order valence-corrected chi connectivity index (χ0v) is 10.5. The first-order chi connectivity index (χ1) is 8.97. The van der Waals surface area contributed by atoms with Crippen LogP contribution in [0.4, 0.5) is 0 Å². The highest BCUT2D eigenvalue weighted by molar-refractivity contribution is 7.99. The molecular formula is C10H8N4O4S. The van der Waals surface area contributed by atoms with Crippen molar-refractivity contribution in [2.75, 3.05) is 0 Å². The van der Waals surface area contributed by atoms with Crippen molar-refractivity contribution in [2.45, 2.75) is 10.2 Å². The summed E-state index contributed by atoms with van der Waals surface area (Å²) in [5.74, 6) is -1.07. The van der Waals surface area contributed by atoms with Crippen LogP contribution in [0.5, 0.6) is 0 Å². The summed E-state index contributed by atoms with van der Waals surface area (Å²) in [6.07, 6.45) is 1.20. The molecule has 0 aromatic carbocycles. The van der Waals surface area contributed by atoms with Gasteiger partial charge in [0.1, 0.15) is 5.03 Å². The molecule has 2 heterocycles. The van der Waals surface area contributed by atoms with Crippen molar-refractivity contribution < 1.29 is 9.90 Å². The average Bonchev–Trinajstić information content (AvgIpc) is 2.36. The molecule has 0 saturated heterocycles. The van der Waals surface area contributed by atoms with Gasteiger partial charge in [-0.2, -0.15) is 4.98 Å². The van der Waals surface area contributed by atoms with Crippen molar-refractivity contribution in [2.24, 2.45) is 7.05 Å². The van der Waals surface area contributed by atoms with E-state index in [2.05, 4.69) is 15.1 Å². The summed E-state index contributed by atoms with van der Waals surface area (Å²) in [7, 11) is 1.53. The van der Waals surface area contributed by atoms with Crippen molar-refractivity contribution in [1.82, 2.24) is 19.7 Å². The van der Waals surface area contributed by atoms with E-state index in [-0.39, 0.29) is 10.7 Å². The number of H-pyrrole nitrogens is 1. The van der Waals surface area contributed by atoms with Crippen LogP contribution in [0.2, 0.25) is 0 Å². The molecule has 0 fully saturated rings. The highest BCUT2D eigenvalue weighted by Gasteiger charge is 2.08. The maximum atomic E-state index is 11.1. The lowest BCUT2D eigenvalue weighted by Crippen LogP contribution is -2.33. The highest BCUT2D eigenvalue weighted by Crippen LogP contribution is 2.21. The maximum Gasteiger partial charge on any atom is 0.339 e. The Balaban J connectivity index is 2.31. The molecule has 2 rings (SSSR count). The minimum Gasteiger partial charge on any atom is -0.478 e. The Hall–Kier alpha value is -2.42. The third kappa shape index (κ3) is 2.88. The molecule has 0 aliphatic heterocycles. The summed E-state index contributed by atoms with van der Waals surface area (Å²) in [6, 6.07) is 2.88. The first-order valence-corrected chi connectivity index (χ1v) is 5.83. The van der Waals surface area contributed by atoms with E-state index >= 15 is 0 Å². The van der Waals surface area contributed by atoms with Crippen LogP contribution in [0.1, 0.15) is 10.4 Å². The van der Waals surface area contributed by atoms with Gasteiger partial charge in [0, 0.05) is 13.2 Å². The summed E-state index contributed by atoms with van der Waals surface area (Å²) < 4.78 is 1.29. The molecule has 2 N–H and O–H groups in total. The van der Waals surface area contributed by atoms with Gasteiger partial charge in [-0.3, -0.25) is 19.4 Å². The Morgan fingerprint density at radius 3 is 2.74 bits per heavy atom. The molecule has 0 radical (unpaired) electrons. The van der Waals surface area contributed by atoms with E-state index in [9.17, 15) is 14.4 Å². The zero-order chi connectivity index (χ0) is 14.0. The normalized spacial score (nSPS) is 10.4. The van der Waals surface area contributed by atoms with Gasteiger partial charge in [-0.1, -0.05) is 0 Å². The summed E-state index contributed by atoms with van der Waals surface area (Å²) in [5, 5.41) is 11.7. The van der Waals surface area contributed by atoms with E-state index in [4.69, 9.17) is 5.11 Å². The summed E-state index contributed by atoms with van der Waals surface area (Å²) in [6.45, 7) is 0. The first-order valence-electron chi connectivity index (χ1n) is 5.02. The Labute approximate surface area is 110 Å². The van der Waals surface area contributed by atoms with Crippen molar-refractivity contribution in [3.8, 4) is 0 Å². The van der Waals surface area contributed by atoms with Gasteiger partial charge in [0.25, 0.3) is 0 Å². The number of carboxylic acid groups (broad SMARTS) is 1. The smallest absolute Gasteiger partial charge is 0.339 e. The first kappa shape index (κ1) is 13.0. The molecule has 0 atom stereocenters. The minimum absolute atomic E-state index is 0.0627. The molecule has 0 amide bonds. The van der Waals surface area contributed by atoms with E-state index in [1.165, 1.54) is 30.1 Å². The molecule has 0 aliphatic carbocycles. The number of aromatic carboxylic acids is 1. The number of aryl methyl sites for hydroxylation is 1. The van der Waals surface area contributed by atoms with Crippen molar-refractivity contribution in [3.05, 3.63) is 44.6 Å². The Morgan fingerprint density at radius 1 is 1.42 bits per heavy atom. The fraction of sp³-hybridized carbons (Fsp3) is 0.100. The lowest BCUT2D eigenvalue weighted by Gasteiger charge is -2.04. The maximum absolute atomic E-state index is 11.1. The van der Waals surface area contributed by atoms with Gasteiger partial charge in [0.15, 0.2) is 5.16 Å². The molecule has 0 unspecified atom stereocenters. The average molecular weight is 280 g/mol. The van der Waals surface area contributed by atoms with Crippen molar-refractivity contribution >= 4 is 17.7 Å². The second kappa shape index (κ2) is 5.06. The molecule has 2 aromatic rings. The minimum atomic E-state index is -1.07. The van der Waals surface area contributed by atoms with Gasteiger partial charge in [-0.15, -0.1) is 0 Å². The third-order valence-corrected chi connectivity index (χ3v) is 3.13. The van der Waals surface area contributed by atoms with E-state index < -0.39 is 17.1 Å². The topological polar surface area (TPSA) is 118 Å². The monoisotopic (exact) mass is 280 g/mol. The fourth-order valence-electron chi connectivity index (χ4n) is 1.21. The number of carboxylic acids is 1. The molecule has 98 valence electrons. The van der Waals surface area contributed by atoms with Gasteiger partial charge >= 0.3 is 17.1 Å². The zero-order valence-electron chi connectivity index (χ0n) is 9.65. The molecule has 8 nitrogen and oxygen atoms in total. The third-order valence-electron chi connectivity index (χ3n) is 2.13. The molecule has 9 heteroatoms. The van der Waals surface area contributed by atoms with Crippen LogP contribution in [-0.2, 0) is 7.05 Å². The van der Waals surface area contributed by atoms with E-state index in [1.807, 2.05) is 0 Å². The summed E-state index contributed by atoms with van der Waals surface area (Å²) >= 11 is 1.04. The lowest BCUT2D eigenvalue weighted by molar-refractivity contribution is 0.0696. The Bertz CT molecular complexity index is 734. The number of carbonyl (C=O) groups is 1. The van der Waals surface area contributed by atoms with Gasteiger partial charge in [0.05, 0.1) is 5.56 Å². The van der Waals surface area contributed by atoms with Crippen LogP contribution >= 0.6 is 11.8 Å². The number of hydrogen-bond donors (Lipinski definition) is 2. The standard InChI is InChI=1S/C10H8N4O4S/c1-14-10(12-7(15)8(16)13-14)19-6-3-2-5(4-11-6)9(17)18/h2-4H,1H3,(H,13,16)(H,17,18). The summed E-state index contributed by atoms with van der Waals surface area (Å²) in [5.41, 5.74) is -1.63. The summed E-state index contributed by atoms with van der Waals surface area (Å²) in [4.78, 5) is 40.3. The largest absolute Gasteiger partial charge is 0.478 e. The molecule has 0 bridgehead atoms. The van der Waals surface area contributed by atoms with Crippen LogP contribution < -0.4 is 11.1 Å². The molecule has 19 heavy (non-hydrogen) atoms. The SMILES string of the molecule is Cn1[nH]c(=O)c(=O)nc1Sc1ccc(C(=O)O)cn1.